The third-order valence-corrected chi connectivity index (χ3v) is 4.60. The fraction of sp³-hybridized carbons (Fsp3) is 0.471. The van der Waals surface area contributed by atoms with Crippen LogP contribution < -0.4 is 5.73 Å². The van der Waals surface area contributed by atoms with Gasteiger partial charge in [0.1, 0.15) is 0 Å². The highest BCUT2D eigenvalue weighted by atomic mass is 16.1. The van der Waals surface area contributed by atoms with Gasteiger partial charge in [-0.25, -0.2) is 0 Å². The molecule has 2 aromatic rings. The Bertz CT molecular complexity index is 636. The highest BCUT2D eigenvalue weighted by Crippen LogP contribution is 2.31. The minimum atomic E-state index is -0.327. The van der Waals surface area contributed by atoms with Gasteiger partial charge in [0.2, 0.25) is 0 Å². The topological polar surface area (TPSA) is 48.0 Å². The second kappa shape index (κ2) is 5.31. The Morgan fingerprint density at radius 3 is 2.75 bits per heavy atom. The van der Waals surface area contributed by atoms with Crippen LogP contribution in [0.4, 0.5) is 0 Å². The van der Waals surface area contributed by atoms with Crippen LogP contribution in [0.25, 0.3) is 10.9 Å². The van der Waals surface area contributed by atoms with Gasteiger partial charge in [-0.2, -0.15) is 0 Å². The van der Waals surface area contributed by atoms with E-state index in [0.717, 1.165) is 23.2 Å². The Kier molecular flexibility index (Phi) is 3.51. The van der Waals surface area contributed by atoms with Crippen molar-refractivity contribution in [2.45, 2.75) is 38.5 Å². The normalized spacial score (nSPS) is 16.6. The molecular weight excluding hydrogens is 248 g/mol. The number of nitrogens with zero attached hydrogens (tertiary/aromatic N) is 1. The lowest BCUT2D eigenvalue weighted by Crippen LogP contribution is -2.12. The molecule has 106 valence electrons. The Morgan fingerprint density at radius 1 is 1.30 bits per heavy atom. The summed E-state index contributed by atoms with van der Waals surface area (Å²) in [6.07, 6.45) is 9.62. The molecule has 1 saturated carbocycles. The molecule has 20 heavy (non-hydrogen) atoms. The van der Waals surface area contributed by atoms with Crippen molar-refractivity contribution in [3.63, 3.8) is 0 Å². The molecule has 1 amide bonds. The molecule has 1 heterocycles. The average Bonchev–Trinajstić information content (AvgIpc) is 2.79. The van der Waals surface area contributed by atoms with E-state index in [1.807, 2.05) is 17.8 Å². The van der Waals surface area contributed by atoms with Crippen LogP contribution in [0.3, 0.4) is 0 Å². The molecule has 1 aromatic carbocycles. The molecule has 3 nitrogen and oxygen atoms in total. The van der Waals surface area contributed by atoms with Gasteiger partial charge in [-0.05, 0) is 24.0 Å². The molecule has 1 aliphatic rings. The predicted molar refractivity (Wildman–Crippen MR) is 81.7 cm³/mol. The summed E-state index contributed by atoms with van der Waals surface area (Å²) in [4.78, 5) is 11.7. The van der Waals surface area contributed by atoms with E-state index in [0.29, 0.717) is 5.56 Å². The monoisotopic (exact) mass is 270 g/mol. The van der Waals surface area contributed by atoms with E-state index in [1.165, 1.54) is 37.7 Å². The first-order valence-electron chi connectivity index (χ1n) is 7.53. The van der Waals surface area contributed by atoms with Gasteiger partial charge in [0.15, 0.2) is 0 Å². The predicted octanol–water partition coefficient (Wildman–Crippen LogP) is 3.40. The van der Waals surface area contributed by atoms with Gasteiger partial charge in [0, 0.05) is 24.1 Å². The van der Waals surface area contributed by atoms with Crippen molar-refractivity contribution in [2.24, 2.45) is 18.7 Å². The summed E-state index contributed by atoms with van der Waals surface area (Å²) in [6, 6.07) is 6.31. The average molecular weight is 270 g/mol. The van der Waals surface area contributed by atoms with Gasteiger partial charge in [0.05, 0.1) is 5.56 Å². The third-order valence-electron chi connectivity index (χ3n) is 4.60. The van der Waals surface area contributed by atoms with E-state index >= 15 is 0 Å². The van der Waals surface area contributed by atoms with Crippen LogP contribution in [-0.2, 0) is 13.5 Å². The number of carbonyl (C=O) groups excluding carboxylic acids is 1. The molecule has 3 heteroatoms. The maximum Gasteiger partial charge on any atom is 0.250 e. The largest absolute Gasteiger partial charge is 0.366 e. The Morgan fingerprint density at radius 2 is 2.05 bits per heavy atom. The van der Waals surface area contributed by atoms with E-state index in [1.54, 1.807) is 0 Å². The molecule has 1 fully saturated rings. The number of amides is 1. The molecule has 0 saturated heterocycles. The molecule has 0 aliphatic heterocycles. The summed E-state index contributed by atoms with van der Waals surface area (Å²) in [5.41, 5.74) is 8.59. The zero-order chi connectivity index (χ0) is 14.1. The maximum absolute atomic E-state index is 11.7. The highest BCUT2D eigenvalue weighted by molar-refractivity contribution is 6.07. The first-order valence-corrected chi connectivity index (χ1v) is 7.53. The first-order chi connectivity index (χ1) is 9.66. The minimum absolute atomic E-state index is 0.327. The third kappa shape index (κ3) is 2.33. The fourth-order valence-corrected chi connectivity index (χ4v) is 3.58. The van der Waals surface area contributed by atoms with Crippen LogP contribution in [-0.4, -0.2) is 10.5 Å². The Labute approximate surface area is 119 Å². The van der Waals surface area contributed by atoms with Crippen molar-refractivity contribution in [3.05, 3.63) is 35.5 Å². The zero-order valence-corrected chi connectivity index (χ0v) is 12.1. The molecule has 1 aliphatic carbocycles. The summed E-state index contributed by atoms with van der Waals surface area (Å²) in [6.45, 7) is 0. The molecule has 0 radical (unpaired) electrons. The van der Waals surface area contributed by atoms with Crippen LogP contribution in [0, 0.1) is 5.92 Å². The number of hydrogen-bond donors (Lipinski definition) is 1. The SMILES string of the molecule is Cn1cc(C(N)=O)c2c(CC3CCCCC3)cccc21. The van der Waals surface area contributed by atoms with Crippen molar-refractivity contribution >= 4 is 16.8 Å². The van der Waals surface area contributed by atoms with Crippen LogP contribution in [0.2, 0.25) is 0 Å². The van der Waals surface area contributed by atoms with Gasteiger partial charge >= 0.3 is 0 Å². The number of aryl methyl sites for hydroxylation is 1. The molecule has 0 spiro atoms. The molecule has 2 N–H and O–H groups in total. The Hall–Kier alpha value is -1.77. The van der Waals surface area contributed by atoms with Gasteiger partial charge in [-0.3, -0.25) is 4.79 Å². The van der Waals surface area contributed by atoms with Crippen molar-refractivity contribution in [1.82, 2.24) is 4.57 Å². The summed E-state index contributed by atoms with van der Waals surface area (Å²) in [5.74, 6) is 0.432. The maximum atomic E-state index is 11.7. The highest BCUT2D eigenvalue weighted by Gasteiger charge is 2.19. The van der Waals surface area contributed by atoms with Gasteiger partial charge in [-0.1, -0.05) is 44.2 Å². The van der Waals surface area contributed by atoms with E-state index in [-0.39, 0.29) is 5.91 Å². The van der Waals surface area contributed by atoms with E-state index in [9.17, 15) is 4.79 Å². The van der Waals surface area contributed by atoms with Crippen LogP contribution in [0.1, 0.15) is 48.0 Å². The molecule has 0 bridgehead atoms. The molecule has 0 unspecified atom stereocenters. The number of nitrogens with two attached hydrogens (primary N) is 1. The van der Waals surface area contributed by atoms with Crippen LogP contribution in [0.15, 0.2) is 24.4 Å². The molecule has 0 atom stereocenters. The number of aromatic nitrogens is 1. The molecule has 3 rings (SSSR count). The minimum Gasteiger partial charge on any atom is -0.366 e. The summed E-state index contributed by atoms with van der Waals surface area (Å²) < 4.78 is 2.00. The number of primary amides is 1. The lowest BCUT2D eigenvalue weighted by atomic mass is 9.84. The number of carbonyl (C=O) groups is 1. The van der Waals surface area contributed by atoms with E-state index < -0.39 is 0 Å². The Balaban J connectivity index is 2.03. The van der Waals surface area contributed by atoms with Gasteiger partial charge < -0.3 is 10.3 Å². The zero-order valence-electron chi connectivity index (χ0n) is 12.1. The number of fused-ring (bicyclic) bond motifs is 1. The van der Waals surface area contributed by atoms with Crippen molar-refractivity contribution < 1.29 is 4.79 Å². The number of hydrogen-bond acceptors (Lipinski definition) is 1. The second-order valence-corrected chi connectivity index (χ2v) is 6.04. The summed E-state index contributed by atoms with van der Waals surface area (Å²) >= 11 is 0. The quantitative estimate of drug-likeness (QED) is 0.913. The van der Waals surface area contributed by atoms with Crippen molar-refractivity contribution in [3.8, 4) is 0 Å². The molecule has 1 aromatic heterocycles. The van der Waals surface area contributed by atoms with Crippen molar-refractivity contribution in [2.75, 3.05) is 0 Å². The van der Waals surface area contributed by atoms with E-state index in [2.05, 4.69) is 18.2 Å². The lowest BCUT2D eigenvalue weighted by molar-refractivity contribution is 0.100. The van der Waals surface area contributed by atoms with Gasteiger partial charge in [-0.15, -0.1) is 0 Å². The van der Waals surface area contributed by atoms with Crippen LogP contribution in [0.5, 0.6) is 0 Å². The summed E-state index contributed by atoms with van der Waals surface area (Å²) in [5, 5.41) is 1.06. The summed E-state index contributed by atoms with van der Waals surface area (Å²) in [7, 11) is 1.97. The van der Waals surface area contributed by atoms with E-state index in [4.69, 9.17) is 5.73 Å². The second-order valence-electron chi connectivity index (χ2n) is 6.04. The first kappa shape index (κ1) is 13.2. The fourth-order valence-electron chi connectivity index (χ4n) is 3.58. The van der Waals surface area contributed by atoms with Crippen LogP contribution >= 0.6 is 0 Å². The van der Waals surface area contributed by atoms with Crippen molar-refractivity contribution in [1.29, 1.82) is 0 Å². The van der Waals surface area contributed by atoms with Gasteiger partial charge in [0.25, 0.3) is 5.91 Å². The number of benzene rings is 1. The standard InChI is InChI=1S/C17H22N2O/c1-19-11-14(17(18)20)16-13(8-5-9-15(16)19)10-12-6-3-2-4-7-12/h5,8-9,11-12H,2-4,6-7,10H2,1H3,(H2,18,20). The smallest absolute Gasteiger partial charge is 0.250 e. The molecular formula is C17H22N2O. The number of rotatable bonds is 3. The lowest BCUT2D eigenvalue weighted by Gasteiger charge is -2.22.